The summed E-state index contributed by atoms with van der Waals surface area (Å²) in [5.41, 5.74) is 2.82. The fourth-order valence-corrected chi connectivity index (χ4v) is 2.87. The first-order valence-corrected chi connectivity index (χ1v) is 9.07. The van der Waals surface area contributed by atoms with E-state index in [0.29, 0.717) is 0 Å². The van der Waals surface area contributed by atoms with Crippen molar-refractivity contribution in [3.63, 3.8) is 0 Å². The number of rotatable bonds is 4. The van der Waals surface area contributed by atoms with Crippen LogP contribution in [0, 0.1) is 13.8 Å². The molecule has 0 aliphatic rings. The van der Waals surface area contributed by atoms with Gasteiger partial charge in [-0.1, -0.05) is 35.4 Å². The maximum atomic E-state index is 12.9. The van der Waals surface area contributed by atoms with Gasteiger partial charge in [-0.2, -0.15) is 23.3 Å². The maximum absolute atomic E-state index is 12.9. The molecular formula is C21H17F3N6. The second-order valence-electron chi connectivity index (χ2n) is 6.78. The van der Waals surface area contributed by atoms with E-state index in [9.17, 15) is 13.2 Å². The van der Waals surface area contributed by atoms with E-state index in [-0.39, 0.29) is 17.5 Å². The number of aromatic amines is 1. The molecule has 30 heavy (non-hydrogen) atoms. The van der Waals surface area contributed by atoms with Crippen molar-refractivity contribution < 1.29 is 13.2 Å². The number of anilines is 3. The van der Waals surface area contributed by atoms with Gasteiger partial charge in [-0.25, -0.2) is 9.97 Å². The first-order chi connectivity index (χ1) is 14.3. The fraction of sp³-hybridized carbons (Fsp3) is 0.143. The second kappa shape index (κ2) is 7.58. The Kier molecular flexibility index (Phi) is 4.94. The molecule has 0 atom stereocenters. The number of aromatic nitrogens is 5. The number of alkyl halides is 3. The minimum atomic E-state index is -4.53. The van der Waals surface area contributed by atoms with Crippen molar-refractivity contribution in [1.29, 1.82) is 0 Å². The highest BCUT2D eigenvalue weighted by Gasteiger charge is 2.33. The first-order valence-electron chi connectivity index (χ1n) is 9.07. The topological polar surface area (TPSA) is 70.6 Å². The van der Waals surface area contributed by atoms with Crippen LogP contribution in [-0.4, -0.2) is 25.1 Å². The highest BCUT2D eigenvalue weighted by molar-refractivity contribution is 5.73. The predicted molar refractivity (Wildman–Crippen MR) is 107 cm³/mol. The zero-order valence-electron chi connectivity index (χ0n) is 16.1. The molecule has 1 N–H and O–H groups in total. The monoisotopic (exact) mass is 410 g/mol. The molecule has 0 radical (unpaired) electrons. The van der Waals surface area contributed by atoms with Crippen molar-refractivity contribution in [1.82, 2.24) is 25.1 Å². The number of hydrogen-bond donors (Lipinski definition) is 1. The van der Waals surface area contributed by atoms with Gasteiger partial charge in [0.2, 0.25) is 5.95 Å². The van der Waals surface area contributed by atoms with Gasteiger partial charge in [0.1, 0.15) is 17.7 Å². The van der Waals surface area contributed by atoms with E-state index < -0.39 is 11.9 Å². The maximum Gasteiger partial charge on any atom is 0.432 e. The summed E-state index contributed by atoms with van der Waals surface area (Å²) in [5, 5.41) is 5.69. The summed E-state index contributed by atoms with van der Waals surface area (Å²) in [7, 11) is 0. The molecule has 2 heterocycles. The zero-order valence-corrected chi connectivity index (χ0v) is 16.1. The van der Waals surface area contributed by atoms with E-state index in [4.69, 9.17) is 0 Å². The van der Waals surface area contributed by atoms with Crippen LogP contribution in [0.15, 0.2) is 60.9 Å². The average molecular weight is 410 g/mol. The Balaban J connectivity index is 1.79. The molecule has 152 valence electrons. The van der Waals surface area contributed by atoms with Gasteiger partial charge in [0.05, 0.1) is 0 Å². The normalized spacial score (nSPS) is 11.5. The number of H-pyrrole nitrogens is 1. The zero-order chi connectivity index (χ0) is 21.3. The largest absolute Gasteiger partial charge is 0.432 e. The number of nitrogens with zero attached hydrogens (tertiary/aromatic N) is 5. The Hall–Kier alpha value is -3.75. The average Bonchev–Trinajstić information content (AvgIpc) is 3.22. The molecular weight excluding hydrogens is 393 g/mol. The number of nitrogens with one attached hydrogen (secondary N) is 1. The van der Waals surface area contributed by atoms with E-state index in [1.54, 1.807) is 4.90 Å². The molecule has 2 aromatic heterocycles. The van der Waals surface area contributed by atoms with Crippen molar-refractivity contribution in [2.45, 2.75) is 20.0 Å². The third-order valence-electron chi connectivity index (χ3n) is 4.46. The lowest BCUT2D eigenvalue weighted by Gasteiger charge is -2.23. The Labute approximate surface area is 170 Å². The minimum absolute atomic E-state index is 0.0151. The number of aryl methyl sites for hydroxylation is 2. The summed E-state index contributed by atoms with van der Waals surface area (Å²) >= 11 is 0. The third kappa shape index (κ3) is 4.00. The number of halogens is 3. The molecule has 2 aromatic carbocycles. The lowest BCUT2D eigenvalue weighted by molar-refractivity contribution is -0.141. The molecule has 9 heteroatoms. The Bertz CT molecular complexity index is 1110. The van der Waals surface area contributed by atoms with Crippen molar-refractivity contribution in [2.24, 2.45) is 0 Å². The summed E-state index contributed by atoms with van der Waals surface area (Å²) in [6, 6.07) is 16.4. The third-order valence-corrected chi connectivity index (χ3v) is 4.46. The van der Waals surface area contributed by atoms with Gasteiger partial charge in [-0.05, 0) is 44.2 Å². The molecule has 6 nitrogen and oxygen atoms in total. The summed E-state index contributed by atoms with van der Waals surface area (Å²) in [6.45, 7) is 3.97. The van der Waals surface area contributed by atoms with Crippen LogP contribution in [0.3, 0.4) is 0 Å². The lowest BCUT2D eigenvalue weighted by Crippen LogP contribution is -2.14. The van der Waals surface area contributed by atoms with E-state index in [1.807, 2.05) is 67.5 Å². The van der Waals surface area contributed by atoms with Crippen LogP contribution in [0.4, 0.5) is 30.5 Å². The highest BCUT2D eigenvalue weighted by atomic mass is 19.4. The molecule has 0 bridgehead atoms. The Morgan fingerprint density at radius 3 is 1.90 bits per heavy atom. The lowest BCUT2D eigenvalue weighted by atomic mass is 10.1. The highest BCUT2D eigenvalue weighted by Crippen LogP contribution is 2.33. The molecule has 0 aliphatic carbocycles. The Morgan fingerprint density at radius 2 is 1.40 bits per heavy atom. The van der Waals surface area contributed by atoms with Gasteiger partial charge in [0, 0.05) is 11.4 Å². The molecule has 0 unspecified atom stereocenters. The summed E-state index contributed by atoms with van der Waals surface area (Å²) in [4.78, 5) is 14.5. The van der Waals surface area contributed by atoms with Crippen LogP contribution < -0.4 is 4.90 Å². The molecule has 0 fully saturated rings. The first kappa shape index (κ1) is 19.6. The van der Waals surface area contributed by atoms with E-state index in [1.165, 1.54) is 6.33 Å². The smallest absolute Gasteiger partial charge is 0.279 e. The second-order valence-corrected chi connectivity index (χ2v) is 6.78. The van der Waals surface area contributed by atoms with Crippen molar-refractivity contribution in [3.8, 4) is 11.5 Å². The SMILES string of the molecule is Cc1ccc(N(c2ccc(C)cc2)c2ncnc(-c3cc(C(F)(F)F)[nH]n3)n2)cc1. The van der Waals surface area contributed by atoms with E-state index in [0.717, 1.165) is 28.6 Å². The summed E-state index contributed by atoms with van der Waals surface area (Å²) in [6.07, 6.45) is -3.27. The van der Waals surface area contributed by atoms with E-state index in [2.05, 4.69) is 20.1 Å². The van der Waals surface area contributed by atoms with Crippen LogP contribution in [0.5, 0.6) is 0 Å². The van der Waals surface area contributed by atoms with Gasteiger partial charge >= 0.3 is 6.18 Å². The minimum Gasteiger partial charge on any atom is -0.279 e. The van der Waals surface area contributed by atoms with Crippen LogP contribution >= 0.6 is 0 Å². The predicted octanol–water partition coefficient (Wildman–Crippen LogP) is 5.37. The Morgan fingerprint density at radius 1 is 0.833 bits per heavy atom. The van der Waals surface area contributed by atoms with E-state index >= 15 is 0 Å². The standard InChI is InChI=1S/C21H17F3N6/c1-13-3-7-15(8-4-13)30(16-9-5-14(2)6-10-16)20-26-12-25-19(27-20)17-11-18(29-28-17)21(22,23)24/h3-12H,1-2H3,(H,28,29). The van der Waals surface area contributed by atoms with Gasteiger partial charge in [-0.15, -0.1) is 0 Å². The molecule has 0 saturated heterocycles. The van der Waals surface area contributed by atoms with Crippen LogP contribution in [0.2, 0.25) is 0 Å². The molecule has 0 saturated carbocycles. The fourth-order valence-electron chi connectivity index (χ4n) is 2.87. The molecule has 0 spiro atoms. The molecule has 4 aromatic rings. The number of hydrogen-bond acceptors (Lipinski definition) is 5. The number of benzene rings is 2. The van der Waals surface area contributed by atoms with Crippen molar-refractivity contribution in [2.75, 3.05) is 4.90 Å². The molecule has 4 rings (SSSR count). The van der Waals surface area contributed by atoms with Crippen LogP contribution in [0.1, 0.15) is 16.8 Å². The van der Waals surface area contributed by atoms with Gasteiger partial charge in [0.25, 0.3) is 0 Å². The van der Waals surface area contributed by atoms with Crippen LogP contribution in [-0.2, 0) is 6.18 Å². The quantitative estimate of drug-likeness (QED) is 0.490. The van der Waals surface area contributed by atoms with Crippen molar-refractivity contribution >= 4 is 17.3 Å². The van der Waals surface area contributed by atoms with Crippen molar-refractivity contribution in [3.05, 3.63) is 77.7 Å². The van der Waals surface area contributed by atoms with Crippen LogP contribution in [0.25, 0.3) is 11.5 Å². The molecule has 0 aliphatic heterocycles. The van der Waals surface area contributed by atoms with Gasteiger partial charge in [-0.3, -0.25) is 10.00 Å². The van der Waals surface area contributed by atoms with Gasteiger partial charge < -0.3 is 0 Å². The van der Waals surface area contributed by atoms with Gasteiger partial charge in [0.15, 0.2) is 5.82 Å². The summed E-state index contributed by atoms with van der Waals surface area (Å²) < 4.78 is 38.7. The molecule has 0 amide bonds. The summed E-state index contributed by atoms with van der Waals surface area (Å²) in [5.74, 6) is 0.306.